The fourth-order valence-corrected chi connectivity index (χ4v) is 3.01. The van der Waals surface area contributed by atoms with Crippen LogP contribution >= 0.6 is 9.47 Å². The summed E-state index contributed by atoms with van der Waals surface area (Å²) >= 11 is 0. The van der Waals surface area contributed by atoms with Gasteiger partial charge in [-0.3, -0.25) is 9.47 Å². The number of hydrogen-bond acceptors (Lipinski definition) is 7. The van der Waals surface area contributed by atoms with Gasteiger partial charge in [0.05, 0.1) is 25.4 Å². The first-order valence-corrected chi connectivity index (χ1v) is 7.26. The van der Waals surface area contributed by atoms with Crippen LogP contribution in [0.4, 0.5) is 5.82 Å². The summed E-state index contributed by atoms with van der Waals surface area (Å²) in [5.74, 6) is 0.776. The van der Waals surface area contributed by atoms with Crippen LogP contribution in [-0.2, 0) is 9.26 Å². The molecule has 1 aromatic rings. The van der Waals surface area contributed by atoms with E-state index in [2.05, 4.69) is 24.8 Å². The first kappa shape index (κ1) is 14.9. The largest absolute Gasteiger partial charge is 0.394 e. The van der Waals surface area contributed by atoms with Crippen molar-refractivity contribution in [3.05, 3.63) is 12.0 Å². The van der Waals surface area contributed by atoms with Crippen LogP contribution in [0.3, 0.4) is 0 Å². The van der Waals surface area contributed by atoms with Crippen molar-refractivity contribution in [1.82, 2.24) is 19.8 Å². The molecule has 1 fully saturated rings. The van der Waals surface area contributed by atoms with E-state index < -0.39 is 0 Å². The average Bonchev–Trinajstić information content (AvgIpc) is 3.09. The molecule has 0 bridgehead atoms. The molecule has 0 aromatic carbocycles. The number of fused-ring (bicyclic) bond motifs is 1. The highest BCUT2D eigenvalue weighted by Gasteiger charge is 2.38. The number of aromatic nitrogens is 2. The van der Waals surface area contributed by atoms with Crippen molar-refractivity contribution in [2.24, 2.45) is 4.99 Å². The molecule has 2 aliphatic heterocycles. The molecule has 1 aromatic heterocycles. The average molecular weight is 313 g/mol. The highest BCUT2D eigenvalue weighted by atomic mass is 31.0. The molecule has 2 unspecified atom stereocenters. The number of hydrogen-bond donors (Lipinski definition) is 2. The van der Waals surface area contributed by atoms with E-state index in [-0.39, 0.29) is 31.2 Å². The maximum Gasteiger partial charge on any atom is 0.162 e. The third-order valence-corrected chi connectivity index (χ3v) is 4.18. The number of aliphatic imine (C=N–C) groups is 1. The monoisotopic (exact) mass is 313 g/mol. The lowest BCUT2D eigenvalue weighted by atomic mass is 10.2. The van der Waals surface area contributed by atoms with E-state index in [0.717, 1.165) is 11.5 Å². The van der Waals surface area contributed by atoms with Gasteiger partial charge in [0.25, 0.3) is 0 Å². The molecular weight excluding hydrogens is 293 g/mol. The van der Waals surface area contributed by atoms with E-state index in [4.69, 9.17) is 9.26 Å². The maximum absolute atomic E-state index is 9.35. The number of nitrogens with one attached hydrogen (secondary N) is 1. The van der Waals surface area contributed by atoms with E-state index in [1.807, 2.05) is 23.6 Å². The Bertz CT molecular complexity index is 523. The van der Waals surface area contributed by atoms with Crippen LogP contribution in [0.25, 0.3) is 0 Å². The second-order valence-corrected chi connectivity index (χ2v) is 5.65. The molecule has 1 saturated heterocycles. The number of ether oxygens (including phenoxy) is 1. The van der Waals surface area contributed by atoms with Crippen LogP contribution in [-0.4, -0.2) is 58.8 Å². The van der Waals surface area contributed by atoms with Gasteiger partial charge in [-0.2, -0.15) is 0 Å². The third kappa shape index (κ3) is 2.58. The van der Waals surface area contributed by atoms with Crippen molar-refractivity contribution >= 4 is 21.6 Å². The van der Waals surface area contributed by atoms with Crippen LogP contribution < -0.4 is 5.32 Å². The van der Waals surface area contributed by atoms with E-state index >= 15 is 0 Å². The van der Waals surface area contributed by atoms with Crippen molar-refractivity contribution in [1.29, 1.82) is 0 Å². The van der Waals surface area contributed by atoms with Gasteiger partial charge in [-0.05, 0) is 14.1 Å². The van der Waals surface area contributed by atoms with Gasteiger partial charge in [-0.1, -0.05) is 0 Å². The minimum absolute atomic E-state index is 0.0115. The van der Waals surface area contributed by atoms with Crippen LogP contribution in [0.1, 0.15) is 24.5 Å². The van der Waals surface area contributed by atoms with Gasteiger partial charge in [-0.15, -0.1) is 0 Å². The molecule has 3 heterocycles. The van der Waals surface area contributed by atoms with Crippen LogP contribution in [0.2, 0.25) is 0 Å². The summed E-state index contributed by atoms with van der Waals surface area (Å²) in [6.07, 6.45) is 3.32. The standard InChI is InChI=1S/C12H20N5O3P/c1-16(2)11-10-12(14-5-13-11)17(6-15-10)9-3-7(20-21)8(4-18)19-9/h5-9,11,18H,3-4,21H2,1-2H3,(H,13,14)/t7-,8-,9-,11?/m1/s1. The zero-order valence-corrected chi connectivity index (χ0v) is 13.2. The van der Waals surface area contributed by atoms with E-state index in [9.17, 15) is 5.11 Å². The van der Waals surface area contributed by atoms with Gasteiger partial charge in [0.2, 0.25) is 0 Å². The van der Waals surface area contributed by atoms with Gasteiger partial charge in [0.15, 0.2) is 5.82 Å². The van der Waals surface area contributed by atoms with Crippen molar-refractivity contribution in [3.8, 4) is 0 Å². The molecule has 5 atom stereocenters. The highest BCUT2D eigenvalue weighted by Crippen LogP contribution is 2.37. The second kappa shape index (κ2) is 5.98. The lowest BCUT2D eigenvalue weighted by molar-refractivity contribution is -0.0379. The zero-order valence-electron chi connectivity index (χ0n) is 12.0. The summed E-state index contributed by atoms with van der Waals surface area (Å²) in [7, 11) is 6.19. The summed E-state index contributed by atoms with van der Waals surface area (Å²) in [6, 6.07) is 0. The molecule has 0 spiro atoms. The first-order valence-electron chi connectivity index (χ1n) is 6.79. The van der Waals surface area contributed by atoms with Gasteiger partial charge in [0.1, 0.15) is 24.2 Å². The maximum atomic E-state index is 9.35. The lowest BCUT2D eigenvalue weighted by Gasteiger charge is -2.26. The van der Waals surface area contributed by atoms with Crippen LogP contribution in [0.5, 0.6) is 0 Å². The number of nitrogens with zero attached hydrogens (tertiary/aromatic N) is 4. The Morgan fingerprint density at radius 2 is 2.43 bits per heavy atom. The van der Waals surface area contributed by atoms with Crippen LogP contribution in [0.15, 0.2) is 11.3 Å². The van der Waals surface area contributed by atoms with E-state index in [1.54, 1.807) is 12.7 Å². The summed E-state index contributed by atoms with van der Waals surface area (Å²) < 4.78 is 13.0. The summed E-state index contributed by atoms with van der Waals surface area (Å²) in [6.45, 7) is -0.0718. The SMILES string of the molecule is CN(C)C1NC=Nc2c1ncn2[C@H]1C[C@@H](OP)[C@@H](CO)O1. The minimum atomic E-state index is -0.333. The topological polar surface area (TPSA) is 84.1 Å². The lowest BCUT2D eigenvalue weighted by Crippen LogP contribution is -2.34. The summed E-state index contributed by atoms with van der Waals surface area (Å²) in [4.78, 5) is 10.9. The molecule has 2 N–H and O–H groups in total. The Morgan fingerprint density at radius 3 is 3.05 bits per heavy atom. The molecule has 0 amide bonds. The Kier molecular flexibility index (Phi) is 4.24. The highest BCUT2D eigenvalue weighted by molar-refractivity contribution is 7.09. The molecule has 2 aliphatic rings. The molecule has 0 aliphatic carbocycles. The number of aliphatic hydroxyl groups is 1. The van der Waals surface area contributed by atoms with Gasteiger partial charge in [-0.25, -0.2) is 9.98 Å². The quantitative estimate of drug-likeness (QED) is 0.771. The fraction of sp³-hybridized carbons (Fsp3) is 0.667. The molecule has 0 radical (unpaired) electrons. The minimum Gasteiger partial charge on any atom is -0.394 e. The Hall–Kier alpha value is -1.05. The van der Waals surface area contributed by atoms with Crippen molar-refractivity contribution < 1.29 is 14.4 Å². The second-order valence-electron chi connectivity index (χ2n) is 5.37. The van der Waals surface area contributed by atoms with Crippen molar-refractivity contribution in [2.75, 3.05) is 20.7 Å². The molecule has 9 heteroatoms. The molecule has 3 rings (SSSR count). The Labute approximate surface area is 125 Å². The fourth-order valence-electron chi connectivity index (χ4n) is 2.73. The molecule has 0 saturated carbocycles. The molecular formula is C12H20N5O3P. The molecule has 8 nitrogen and oxygen atoms in total. The predicted octanol–water partition coefficient (Wildman–Crippen LogP) is 0.161. The smallest absolute Gasteiger partial charge is 0.162 e. The van der Waals surface area contributed by atoms with Gasteiger partial charge < -0.3 is 19.7 Å². The Morgan fingerprint density at radius 1 is 1.62 bits per heavy atom. The zero-order chi connectivity index (χ0) is 15.0. The normalized spacial score (nSPS) is 31.5. The van der Waals surface area contributed by atoms with Crippen LogP contribution in [0, 0.1) is 0 Å². The number of rotatable bonds is 4. The molecule has 116 valence electrons. The summed E-state index contributed by atoms with van der Waals surface area (Å²) in [5, 5.41) is 12.5. The van der Waals surface area contributed by atoms with Gasteiger partial charge >= 0.3 is 0 Å². The van der Waals surface area contributed by atoms with Crippen molar-refractivity contribution in [3.63, 3.8) is 0 Å². The first-order chi connectivity index (χ1) is 10.2. The summed E-state index contributed by atoms with van der Waals surface area (Å²) in [5.41, 5.74) is 0.863. The number of aliphatic hydroxyl groups excluding tert-OH is 1. The number of imidazole rings is 1. The molecule has 21 heavy (non-hydrogen) atoms. The van der Waals surface area contributed by atoms with Crippen molar-refractivity contribution in [2.45, 2.75) is 31.0 Å². The van der Waals surface area contributed by atoms with E-state index in [1.165, 1.54) is 0 Å². The Balaban J connectivity index is 1.87. The van der Waals surface area contributed by atoms with E-state index in [0.29, 0.717) is 6.42 Å². The third-order valence-electron chi connectivity index (χ3n) is 3.84. The predicted molar refractivity (Wildman–Crippen MR) is 80.1 cm³/mol. The van der Waals surface area contributed by atoms with Gasteiger partial charge in [0, 0.05) is 15.9 Å².